The van der Waals surface area contributed by atoms with E-state index in [1.165, 1.54) is 24.0 Å². The molecular weight excluding hydrogens is 408 g/mol. The first kappa shape index (κ1) is 24.8. The molecule has 0 spiro atoms. The summed E-state index contributed by atoms with van der Waals surface area (Å²) in [4.78, 5) is 2.55. The Labute approximate surface area is 199 Å². The van der Waals surface area contributed by atoms with Gasteiger partial charge in [-0.25, -0.2) is 0 Å². The maximum absolute atomic E-state index is 5.97. The first-order valence-corrected chi connectivity index (χ1v) is 12.1. The van der Waals surface area contributed by atoms with E-state index in [9.17, 15) is 0 Å². The Morgan fingerprint density at radius 1 is 0.788 bits per heavy atom. The van der Waals surface area contributed by atoms with Gasteiger partial charge in [0.2, 0.25) is 0 Å². The van der Waals surface area contributed by atoms with Gasteiger partial charge in [0.15, 0.2) is 11.5 Å². The predicted octanol–water partition coefficient (Wildman–Crippen LogP) is 6.05. The third kappa shape index (κ3) is 7.92. The van der Waals surface area contributed by atoms with E-state index < -0.39 is 0 Å². The normalized spacial score (nSPS) is 14.3. The third-order valence-corrected chi connectivity index (χ3v) is 5.90. The van der Waals surface area contributed by atoms with E-state index in [1.54, 1.807) is 7.11 Å². The lowest BCUT2D eigenvalue weighted by Crippen LogP contribution is -2.41. The second kappa shape index (κ2) is 13.7. The monoisotopic (exact) mass is 446 g/mol. The van der Waals surface area contributed by atoms with Crippen LogP contribution in [0.1, 0.15) is 43.4 Å². The summed E-state index contributed by atoms with van der Waals surface area (Å²) in [5.74, 6) is 1.57. The Kier molecular flexibility index (Phi) is 10.3. The molecule has 4 rings (SSSR count). The van der Waals surface area contributed by atoms with Crippen molar-refractivity contribution in [3.63, 3.8) is 0 Å². The molecule has 0 saturated carbocycles. The molecular formula is C29H38N2O2. The fourth-order valence-electron chi connectivity index (χ4n) is 4.08. The molecule has 1 aliphatic rings. The van der Waals surface area contributed by atoms with Gasteiger partial charge >= 0.3 is 0 Å². The van der Waals surface area contributed by atoms with Crippen LogP contribution in [-0.4, -0.2) is 31.1 Å². The fourth-order valence-corrected chi connectivity index (χ4v) is 4.08. The Balaban J connectivity index is 0.00000149. The molecule has 4 heteroatoms. The fraction of sp³-hybridized carbons (Fsp3) is 0.379. The van der Waals surface area contributed by atoms with Crippen LogP contribution in [0.25, 0.3) is 0 Å². The molecule has 3 aromatic rings. The lowest BCUT2D eigenvalue weighted by atomic mass is 10.0. The van der Waals surface area contributed by atoms with Crippen molar-refractivity contribution in [2.75, 3.05) is 20.2 Å². The van der Waals surface area contributed by atoms with Gasteiger partial charge in [-0.15, -0.1) is 0 Å². The molecule has 1 N–H and O–H groups in total. The van der Waals surface area contributed by atoms with Gasteiger partial charge in [0.25, 0.3) is 0 Å². The van der Waals surface area contributed by atoms with Gasteiger partial charge in [-0.2, -0.15) is 0 Å². The Bertz CT molecular complexity index is 923. The standard InChI is InChI=1S/C27H32N2O2.C2H6/c1-30-27-18-24(12-13-26(27)31-21-23-10-6-3-7-11-23)19-28-25-14-16-29(17-15-25)20-22-8-4-2-5-9-22;1-2/h2-13,18,25,28H,14-17,19-21H2,1H3;1-2H3. The van der Waals surface area contributed by atoms with Crippen LogP contribution in [0.5, 0.6) is 11.5 Å². The highest BCUT2D eigenvalue weighted by Gasteiger charge is 2.19. The summed E-state index contributed by atoms with van der Waals surface area (Å²) in [7, 11) is 1.70. The minimum Gasteiger partial charge on any atom is -0.493 e. The van der Waals surface area contributed by atoms with Crippen molar-refractivity contribution in [1.29, 1.82) is 0 Å². The van der Waals surface area contributed by atoms with E-state index in [0.717, 1.165) is 43.2 Å². The van der Waals surface area contributed by atoms with Gasteiger partial charge in [0.05, 0.1) is 7.11 Å². The molecule has 1 fully saturated rings. The van der Waals surface area contributed by atoms with Gasteiger partial charge in [-0.1, -0.05) is 80.6 Å². The van der Waals surface area contributed by atoms with E-state index in [0.29, 0.717) is 12.6 Å². The second-order valence-electron chi connectivity index (χ2n) is 8.18. The number of methoxy groups -OCH3 is 1. The summed E-state index contributed by atoms with van der Waals surface area (Å²) in [6, 6.07) is 27.7. The van der Waals surface area contributed by atoms with Crippen LogP contribution < -0.4 is 14.8 Å². The average molecular weight is 447 g/mol. The number of piperidine rings is 1. The highest BCUT2D eigenvalue weighted by atomic mass is 16.5. The number of hydrogen-bond acceptors (Lipinski definition) is 4. The van der Waals surface area contributed by atoms with Gasteiger partial charge in [-0.05, 0) is 54.8 Å². The van der Waals surface area contributed by atoms with Crippen molar-refractivity contribution in [3.05, 3.63) is 95.6 Å². The number of ether oxygens (including phenoxy) is 2. The molecule has 0 amide bonds. The lowest BCUT2D eigenvalue weighted by molar-refractivity contribution is 0.190. The molecule has 1 aliphatic heterocycles. The molecule has 176 valence electrons. The topological polar surface area (TPSA) is 33.7 Å². The molecule has 1 heterocycles. The number of nitrogens with zero attached hydrogens (tertiary/aromatic N) is 1. The Morgan fingerprint density at radius 2 is 1.42 bits per heavy atom. The quantitative estimate of drug-likeness (QED) is 0.433. The molecule has 3 aromatic carbocycles. The molecule has 0 unspecified atom stereocenters. The molecule has 4 nitrogen and oxygen atoms in total. The zero-order valence-corrected chi connectivity index (χ0v) is 20.3. The smallest absolute Gasteiger partial charge is 0.161 e. The van der Waals surface area contributed by atoms with E-state index >= 15 is 0 Å². The van der Waals surface area contributed by atoms with Crippen LogP contribution in [0.3, 0.4) is 0 Å². The first-order valence-electron chi connectivity index (χ1n) is 12.1. The minimum atomic E-state index is 0.538. The van der Waals surface area contributed by atoms with Crippen molar-refractivity contribution in [3.8, 4) is 11.5 Å². The summed E-state index contributed by atoms with van der Waals surface area (Å²) in [6.45, 7) is 8.72. The van der Waals surface area contributed by atoms with Gasteiger partial charge in [0.1, 0.15) is 6.61 Å². The average Bonchev–Trinajstić information content (AvgIpc) is 2.89. The summed E-state index contributed by atoms with van der Waals surface area (Å²) in [5, 5.41) is 3.73. The number of nitrogens with one attached hydrogen (secondary N) is 1. The minimum absolute atomic E-state index is 0.538. The molecule has 0 aliphatic carbocycles. The number of benzene rings is 3. The summed E-state index contributed by atoms with van der Waals surface area (Å²) in [6.07, 6.45) is 2.37. The molecule has 1 saturated heterocycles. The van der Waals surface area contributed by atoms with Crippen LogP contribution in [-0.2, 0) is 19.7 Å². The first-order chi connectivity index (χ1) is 16.3. The highest BCUT2D eigenvalue weighted by Crippen LogP contribution is 2.29. The molecule has 33 heavy (non-hydrogen) atoms. The van der Waals surface area contributed by atoms with Gasteiger partial charge in [0, 0.05) is 19.1 Å². The van der Waals surface area contributed by atoms with Crippen molar-refractivity contribution < 1.29 is 9.47 Å². The van der Waals surface area contributed by atoms with Gasteiger partial charge < -0.3 is 14.8 Å². The van der Waals surface area contributed by atoms with Crippen molar-refractivity contribution in [2.24, 2.45) is 0 Å². The highest BCUT2D eigenvalue weighted by molar-refractivity contribution is 5.43. The van der Waals surface area contributed by atoms with Crippen LogP contribution >= 0.6 is 0 Å². The van der Waals surface area contributed by atoms with Crippen LogP contribution in [0, 0.1) is 0 Å². The molecule has 0 radical (unpaired) electrons. The SMILES string of the molecule is CC.COc1cc(CNC2CCN(Cc3ccccc3)CC2)ccc1OCc1ccccc1. The summed E-state index contributed by atoms with van der Waals surface area (Å²) >= 11 is 0. The maximum Gasteiger partial charge on any atom is 0.161 e. The maximum atomic E-state index is 5.97. The summed E-state index contributed by atoms with van der Waals surface area (Å²) in [5.41, 5.74) is 3.76. The van der Waals surface area contributed by atoms with Crippen molar-refractivity contribution in [1.82, 2.24) is 10.2 Å². The number of rotatable bonds is 9. The van der Waals surface area contributed by atoms with Gasteiger partial charge in [-0.3, -0.25) is 4.90 Å². The van der Waals surface area contributed by atoms with Crippen molar-refractivity contribution >= 4 is 0 Å². The predicted molar refractivity (Wildman–Crippen MR) is 137 cm³/mol. The van der Waals surface area contributed by atoms with Crippen LogP contribution in [0.4, 0.5) is 0 Å². The second-order valence-corrected chi connectivity index (χ2v) is 8.18. The molecule has 0 aromatic heterocycles. The molecule has 0 atom stereocenters. The van der Waals surface area contributed by atoms with E-state index in [4.69, 9.17) is 9.47 Å². The van der Waals surface area contributed by atoms with E-state index in [1.807, 2.05) is 38.1 Å². The Hall–Kier alpha value is -2.82. The number of hydrogen-bond donors (Lipinski definition) is 1. The van der Waals surface area contributed by atoms with E-state index in [-0.39, 0.29) is 0 Å². The zero-order valence-electron chi connectivity index (χ0n) is 20.3. The third-order valence-electron chi connectivity index (χ3n) is 5.90. The van der Waals surface area contributed by atoms with Crippen LogP contribution in [0.2, 0.25) is 0 Å². The lowest BCUT2D eigenvalue weighted by Gasteiger charge is -2.32. The summed E-state index contributed by atoms with van der Waals surface area (Å²) < 4.78 is 11.6. The zero-order chi connectivity index (χ0) is 23.3. The largest absolute Gasteiger partial charge is 0.493 e. The number of likely N-dealkylation sites (tertiary alicyclic amines) is 1. The van der Waals surface area contributed by atoms with Crippen molar-refractivity contribution in [2.45, 2.75) is 52.4 Å². The molecule has 0 bridgehead atoms. The Morgan fingerprint density at radius 3 is 2.06 bits per heavy atom. The van der Waals surface area contributed by atoms with Crippen LogP contribution in [0.15, 0.2) is 78.9 Å². The van der Waals surface area contributed by atoms with E-state index in [2.05, 4.69) is 64.8 Å².